The lowest BCUT2D eigenvalue weighted by Crippen LogP contribution is -2.48. The van der Waals surface area contributed by atoms with Crippen LogP contribution in [0.5, 0.6) is 0 Å². The number of rotatable bonds is 5. The fourth-order valence-corrected chi connectivity index (χ4v) is 2.72. The molecule has 8 heteroatoms. The van der Waals surface area contributed by atoms with Gasteiger partial charge in [-0.1, -0.05) is 26.0 Å². The molecule has 152 valence electrons. The number of nitrogens with zero attached hydrogens (tertiary/aromatic N) is 2. The molecule has 0 saturated carbocycles. The van der Waals surface area contributed by atoms with Crippen molar-refractivity contribution in [1.29, 1.82) is 0 Å². The number of aliphatic hydroxyl groups excluding tert-OH is 1. The first-order chi connectivity index (χ1) is 12.7. The maximum absolute atomic E-state index is 13.0. The van der Waals surface area contributed by atoms with Crippen molar-refractivity contribution < 1.29 is 23.0 Å². The number of morpholine rings is 1. The smallest absolute Gasteiger partial charge is 0.396 e. The number of nitrogens with one attached hydrogen (secondary N) is 1. The quantitative estimate of drug-likeness (QED) is 0.602. The number of guanidine groups is 1. The Bertz CT molecular complexity index is 647. The molecule has 2 rings (SSSR count). The Hall–Kier alpha value is -1.80. The molecule has 1 atom stereocenters. The molecule has 0 aliphatic carbocycles. The molecule has 0 aromatic heterocycles. The van der Waals surface area contributed by atoms with Gasteiger partial charge in [-0.25, -0.2) is 0 Å². The summed E-state index contributed by atoms with van der Waals surface area (Å²) in [6.45, 7) is 8.34. The molecular weight excluding hydrogens is 359 g/mol. The molecular formula is C19H28F3N3O2. The maximum atomic E-state index is 13.0. The summed E-state index contributed by atoms with van der Waals surface area (Å²) in [6.07, 6.45) is -4.84. The summed E-state index contributed by atoms with van der Waals surface area (Å²) in [7, 11) is 0. The molecule has 27 heavy (non-hydrogen) atoms. The number of ether oxygens (including phenoxy) is 1. The highest BCUT2D eigenvalue weighted by Crippen LogP contribution is 2.32. The molecule has 0 amide bonds. The highest BCUT2D eigenvalue weighted by Gasteiger charge is 2.32. The molecule has 1 aliphatic heterocycles. The zero-order valence-electron chi connectivity index (χ0n) is 16.0. The predicted molar refractivity (Wildman–Crippen MR) is 98.6 cm³/mol. The van der Waals surface area contributed by atoms with Crippen LogP contribution in [0, 0.1) is 5.41 Å². The molecule has 1 aliphatic rings. The van der Waals surface area contributed by atoms with E-state index in [4.69, 9.17) is 4.74 Å². The van der Waals surface area contributed by atoms with Gasteiger partial charge in [0.1, 0.15) is 6.10 Å². The van der Waals surface area contributed by atoms with Gasteiger partial charge in [0.2, 0.25) is 0 Å². The number of hydrogen-bond donors (Lipinski definition) is 2. The van der Waals surface area contributed by atoms with E-state index < -0.39 is 17.8 Å². The van der Waals surface area contributed by atoms with E-state index in [0.29, 0.717) is 44.3 Å². The first kappa shape index (κ1) is 21.5. The van der Waals surface area contributed by atoms with E-state index in [9.17, 15) is 18.3 Å². The average molecular weight is 387 g/mol. The Morgan fingerprint density at radius 2 is 2.11 bits per heavy atom. The Balaban J connectivity index is 2.17. The molecule has 1 unspecified atom stereocenters. The van der Waals surface area contributed by atoms with Gasteiger partial charge in [0.25, 0.3) is 0 Å². The number of hydrogen-bond acceptors (Lipinski definition) is 3. The van der Waals surface area contributed by atoms with Gasteiger partial charge < -0.3 is 20.1 Å². The van der Waals surface area contributed by atoms with E-state index in [1.807, 2.05) is 25.7 Å². The minimum atomic E-state index is -4.38. The highest BCUT2D eigenvalue weighted by atomic mass is 19.4. The molecule has 1 aromatic carbocycles. The highest BCUT2D eigenvalue weighted by molar-refractivity contribution is 5.80. The van der Waals surface area contributed by atoms with Crippen molar-refractivity contribution in [3.05, 3.63) is 35.4 Å². The van der Waals surface area contributed by atoms with Crippen LogP contribution in [-0.4, -0.2) is 55.4 Å². The summed E-state index contributed by atoms with van der Waals surface area (Å²) in [6, 6.07) is 5.27. The van der Waals surface area contributed by atoms with Crippen LogP contribution < -0.4 is 5.32 Å². The number of halogens is 3. The minimum Gasteiger partial charge on any atom is -0.396 e. The SMILES string of the molecule is CCNC(=NCC(C)(C)CO)N1CCOC(c2cccc(C(F)(F)F)c2)C1. The molecule has 0 spiro atoms. The molecule has 1 aromatic rings. The number of alkyl halides is 3. The fourth-order valence-electron chi connectivity index (χ4n) is 2.72. The van der Waals surface area contributed by atoms with Crippen LogP contribution in [0.4, 0.5) is 13.2 Å². The molecule has 1 saturated heterocycles. The van der Waals surface area contributed by atoms with Gasteiger partial charge in [-0.05, 0) is 24.6 Å². The summed E-state index contributed by atoms with van der Waals surface area (Å²) in [5.74, 6) is 0.680. The van der Waals surface area contributed by atoms with Crippen molar-refractivity contribution in [2.45, 2.75) is 33.1 Å². The van der Waals surface area contributed by atoms with Gasteiger partial charge >= 0.3 is 6.18 Å². The lowest BCUT2D eigenvalue weighted by molar-refractivity contribution is -0.137. The third kappa shape index (κ3) is 6.10. The van der Waals surface area contributed by atoms with Crippen molar-refractivity contribution in [3.8, 4) is 0 Å². The Kier molecular flexibility index (Phi) is 7.11. The van der Waals surface area contributed by atoms with Gasteiger partial charge in [0.15, 0.2) is 5.96 Å². The summed E-state index contributed by atoms with van der Waals surface area (Å²) in [5, 5.41) is 12.6. The van der Waals surface area contributed by atoms with Crippen molar-refractivity contribution >= 4 is 5.96 Å². The Morgan fingerprint density at radius 3 is 2.74 bits per heavy atom. The maximum Gasteiger partial charge on any atom is 0.416 e. The molecule has 1 heterocycles. The zero-order valence-corrected chi connectivity index (χ0v) is 16.0. The summed E-state index contributed by atoms with van der Waals surface area (Å²) < 4.78 is 44.7. The van der Waals surface area contributed by atoms with Crippen LogP contribution in [0.2, 0.25) is 0 Å². The molecule has 0 bridgehead atoms. The van der Waals surface area contributed by atoms with Crippen molar-refractivity contribution in [2.75, 3.05) is 39.4 Å². The fraction of sp³-hybridized carbons (Fsp3) is 0.632. The largest absolute Gasteiger partial charge is 0.416 e. The number of aliphatic hydroxyl groups is 1. The van der Waals surface area contributed by atoms with Gasteiger partial charge in [0.05, 0.1) is 25.3 Å². The van der Waals surface area contributed by atoms with Crippen LogP contribution in [0.25, 0.3) is 0 Å². The average Bonchev–Trinajstić information content (AvgIpc) is 2.64. The standard InChI is InChI=1S/C19H28F3N3O2/c1-4-23-17(24-12-18(2,3)13-26)25-8-9-27-16(11-25)14-6-5-7-15(10-14)19(20,21)22/h5-7,10,16,26H,4,8-9,11-13H2,1-3H3,(H,23,24). The summed E-state index contributed by atoms with van der Waals surface area (Å²) in [5.41, 5.74) is -0.514. The minimum absolute atomic E-state index is 0.0197. The monoisotopic (exact) mass is 387 g/mol. The van der Waals surface area contributed by atoms with Crippen LogP contribution >= 0.6 is 0 Å². The summed E-state index contributed by atoms with van der Waals surface area (Å²) >= 11 is 0. The predicted octanol–water partition coefficient (Wildman–Crippen LogP) is 3.06. The summed E-state index contributed by atoms with van der Waals surface area (Å²) in [4.78, 5) is 6.59. The van der Waals surface area contributed by atoms with Crippen LogP contribution in [-0.2, 0) is 10.9 Å². The van der Waals surface area contributed by atoms with Crippen molar-refractivity contribution in [1.82, 2.24) is 10.2 Å². The second-order valence-corrected chi connectivity index (χ2v) is 7.42. The molecule has 2 N–H and O–H groups in total. The first-order valence-electron chi connectivity index (χ1n) is 9.09. The Morgan fingerprint density at radius 1 is 1.37 bits per heavy atom. The van der Waals surface area contributed by atoms with Crippen molar-refractivity contribution in [3.63, 3.8) is 0 Å². The van der Waals surface area contributed by atoms with E-state index in [0.717, 1.165) is 12.1 Å². The van der Waals surface area contributed by atoms with E-state index in [-0.39, 0.29) is 12.0 Å². The Labute approximate surface area is 158 Å². The van der Waals surface area contributed by atoms with E-state index in [2.05, 4.69) is 10.3 Å². The van der Waals surface area contributed by atoms with Gasteiger partial charge in [-0.2, -0.15) is 13.2 Å². The second kappa shape index (κ2) is 8.93. The molecule has 0 radical (unpaired) electrons. The molecule has 1 fully saturated rings. The van der Waals surface area contributed by atoms with Crippen LogP contribution in [0.15, 0.2) is 29.3 Å². The third-order valence-corrected chi connectivity index (χ3v) is 4.37. The zero-order chi connectivity index (χ0) is 20.1. The van der Waals surface area contributed by atoms with Gasteiger partial charge in [-0.3, -0.25) is 4.99 Å². The van der Waals surface area contributed by atoms with E-state index in [1.54, 1.807) is 6.07 Å². The normalized spacial score (nSPS) is 19.3. The van der Waals surface area contributed by atoms with E-state index in [1.165, 1.54) is 6.07 Å². The number of aliphatic imine (C=N–C) groups is 1. The van der Waals surface area contributed by atoms with Gasteiger partial charge in [-0.15, -0.1) is 0 Å². The van der Waals surface area contributed by atoms with Gasteiger partial charge in [0, 0.05) is 25.1 Å². The first-order valence-corrected chi connectivity index (χ1v) is 9.09. The van der Waals surface area contributed by atoms with E-state index >= 15 is 0 Å². The third-order valence-electron chi connectivity index (χ3n) is 4.37. The lowest BCUT2D eigenvalue weighted by atomic mass is 9.95. The van der Waals surface area contributed by atoms with Crippen LogP contribution in [0.3, 0.4) is 0 Å². The second-order valence-electron chi connectivity index (χ2n) is 7.42. The molecule has 5 nitrogen and oxygen atoms in total. The lowest BCUT2D eigenvalue weighted by Gasteiger charge is -2.36. The van der Waals surface area contributed by atoms with Crippen LogP contribution in [0.1, 0.15) is 38.0 Å². The number of benzene rings is 1. The van der Waals surface area contributed by atoms with Crippen molar-refractivity contribution in [2.24, 2.45) is 10.4 Å². The topological polar surface area (TPSA) is 57.1 Å².